The maximum absolute atomic E-state index is 9.10. The first kappa shape index (κ1) is 13.5. The lowest BCUT2D eigenvalue weighted by atomic mass is 10.2. The summed E-state index contributed by atoms with van der Waals surface area (Å²) in [6.07, 6.45) is 3.70. The predicted molar refractivity (Wildman–Crippen MR) is 65.9 cm³/mol. The number of rotatable bonds is 6. The van der Waals surface area contributed by atoms with Crippen molar-refractivity contribution >= 4 is 7.32 Å². The highest BCUT2D eigenvalue weighted by Gasteiger charge is 2.33. The zero-order valence-corrected chi connectivity index (χ0v) is 10.8. The first-order valence-electron chi connectivity index (χ1n) is 5.83. The third kappa shape index (κ3) is 3.14. The van der Waals surface area contributed by atoms with Gasteiger partial charge in [-0.25, -0.2) is 0 Å². The SMILES string of the molecule is On1ccc(OB(Oc2ccn(O)n2)Oc2ccn(O)n2)n1. The fourth-order valence-electron chi connectivity index (χ4n) is 1.45. The molecule has 22 heavy (non-hydrogen) atoms. The van der Waals surface area contributed by atoms with Crippen molar-refractivity contribution in [3.05, 3.63) is 36.8 Å². The molecule has 0 aliphatic rings. The molecular formula is C9H9BN6O6. The molecule has 13 heteroatoms. The monoisotopic (exact) mass is 308 g/mol. The van der Waals surface area contributed by atoms with Crippen molar-refractivity contribution < 1.29 is 29.6 Å². The molecule has 0 saturated carbocycles. The Bertz CT molecular complexity index is 655. The minimum absolute atomic E-state index is 0.000591. The van der Waals surface area contributed by atoms with Gasteiger partial charge in [0.25, 0.3) is 0 Å². The van der Waals surface area contributed by atoms with Crippen LogP contribution in [0.3, 0.4) is 0 Å². The fourth-order valence-corrected chi connectivity index (χ4v) is 1.45. The predicted octanol–water partition coefficient (Wildman–Crippen LogP) is -0.490. The molecule has 0 fully saturated rings. The van der Waals surface area contributed by atoms with E-state index in [-0.39, 0.29) is 17.6 Å². The average molecular weight is 308 g/mol. The van der Waals surface area contributed by atoms with E-state index in [1.165, 1.54) is 36.8 Å². The fraction of sp³-hybridized carbons (Fsp3) is 0. The Labute approximate surface area is 122 Å². The summed E-state index contributed by atoms with van der Waals surface area (Å²) < 4.78 is 15.8. The molecule has 0 aromatic carbocycles. The largest absolute Gasteiger partial charge is 0.867 e. The molecule has 0 spiro atoms. The lowest BCUT2D eigenvalue weighted by molar-refractivity contribution is 0.140. The van der Waals surface area contributed by atoms with Crippen LogP contribution in [0.25, 0.3) is 0 Å². The molecule has 3 rings (SSSR count). The molecule has 3 aromatic heterocycles. The van der Waals surface area contributed by atoms with Gasteiger partial charge in [-0.05, 0) is 0 Å². The van der Waals surface area contributed by atoms with Crippen LogP contribution in [0.2, 0.25) is 0 Å². The smallest absolute Gasteiger partial charge is 0.473 e. The van der Waals surface area contributed by atoms with Gasteiger partial charge >= 0.3 is 7.32 Å². The Balaban J connectivity index is 1.74. The summed E-state index contributed by atoms with van der Waals surface area (Å²) in [4.78, 5) is 1.62. The topological polar surface area (TPSA) is 142 Å². The van der Waals surface area contributed by atoms with Crippen molar-refractivity contribution in [2.24, 2.45) is 0 Å². The zero-order chi connectivity index (χ0) is 15.5. The lowest BCUT2D eigenvalue weighted by Crippen LogP contribution is -2.37. The molecule has 0 bridgehead atoms. The van der Waals surface area contributed by atoms with Crippen molar-refractivity contribution in [1.82, 2.24) is 29.8 Å². The van der Waals surface area contributed by atoms with Crippen LogP contribution in [0.5, 0.6) is 17.6 Å². The first-order chi connectivity index (χ1) is 10.6. The third-order valence-electron chi connectivity index (χ3n) is 2.31. The normalized spacial score (nSPS) is 10.4. The standard InChI is InChI=1S/C9H9BN6O6/c17-14-4-1-7(11-14)20-10(21-8-2-5-15(18)12-8)22-9-3-6-16(19)13-9/h1-6,17-19H. The van der Waals surface area contributed by atoms with Crippen molar-refractivity contribution in [2.75, 3.05) is 0 Å². The van der Waals surface area contributed by atoms with Crippen molar-refractivity contribution in [3.63, 3.8) is 0 Å². The van der Waals surface area contributed by atoms with E-state index in [2.05, 4.69) is 15.3 Å². The highest BCUT2D eigenvalue weighted by molar-refractivity contribution is 6.39. The van der Waals surface area contributed by atoms with Gasteiger partial charge in [0.1, 0.15) is 0 Å². The molecule has 0 aliphatic heterocycles. The van der Waals surface area contributed by atoms with Crippen LogP contribution in [-0.2, 0) is 0 Å². The highest BCUT2D eigenvalue weighted by atomic mass is 16.7. The Morgan fingerprint density at radius 3 is 1.23 bits per heavy atom. The molecule has 3 heterocycles. The van der Waals surface area contributed by atoms with Gasteiger partial charge in [0.15, 0.2) is 0 Å². The van der Waals surface area contributed by atoms with Gasteiger partial charge in [-0.1, -0.05) is 0 Å². The summed E-state index contributed by atoms with van der Waals surface area (Å²) in [5, 5.41) is 38.0. The van der Waals surface area contributed by atoms with Crippen LogP contribution in [0.4, 0.5) is 0 Å². The van der Waals surface area contributed by atoms with Crippen molar-refractivity contribution in [2.45, 2.75) is 0 Å². The van der Waals surface area contributed by atoms with Crippen LogP contribution in [0.15, 0.2) is 36.8 Å². The Morgan fingerprint density at radius 2 is 1.00 bits per heavy atom. The third-order valence-corrected chi connectivity index (χ3v) is 2.31. The van der Waals surface area contributed by atoms with Gasteiger partial charge in [-0.15, -0.1) is 29.8 Å². The molecule has 0 aliphatic carbocycles. The maximum atomic E-state index is 9.10. The van der Waals surface area contributed by atoms with E-state index in [4.69, 9.17) is 29.6 Å². The van der Waals surface area contributed by atoms with Crippen molar-refractivity contribution in [3.8, 4) is 17.6 Å². The van der Waals surface area contributed by atoms with Gasteiger partial charge in [0.2, 0.25) is 17.6 Å². The number of hydrogen-bond donors (Lipinski definition) is 3. The Kier molecular flexibility index (Phi) is 3.35. The molecule has 0 unspecified atom stereocenters. The van der Waals surface area contributed by atoms with E-state index in [1.54, 1.807) is 0 Å². The van der Waals surface area contributed by atoms with Gasteiger partial charge in [0, 0.05) is 18.2 Å². The van der Waals surface area contributed by atoms with E-state index in [1.807, 2.05) is 0 Å². The van der Waals surface area contributed by atoms with Crippen LogP contribution < -0.4 is 14.0 Å². The number of aromatic nitrogens is 6. The summed E-state index contributed by atoms with van der Waals surface area (Å²) in [6.45, 7) is 0. The van der Waals surface area contributed by atoms with Crippen LogP contribution in [0.1, 0.15) is 0 Å². The molecule has 0 radical (unpaired) electrons. The second-order valence-corrected chi connectivity index (χ2v) is 3.87. The second-order valence-electron chi connectivity index (χ2n) is 3.87. The molecule has 0 atom stereocenters. The molecule has 3 N–H and O–H groups in total. The molecule has 0 amide bonds. The summed E-state index contributed by atoms with van der Waals surface area (Å²) >= 11 is 0. The van der Waals surface area contributed by atoms with Gasteiger partial charge in [-0.3, -0.25) is 0 Å². The summed E-state index contributed by atoms with van der Waals surface area (Å²) in [5.74, 6) is -0.00177. The van der Waals surface area contributed by atoms with Gasteiger partial charge < -0.3 is 29.6 Å². The Morgan fingerprint density at radius 1 is 0.682 bits per heavy atom. The summed E-state index contributed by atoms with van der Waals surface area (Å²) in [6, 6.07) is 4.07. The minimum Gasteiger partial charge on any atom is -0.473 e. The quantitative estimate of drug-likeness (QED) is 0.406. The molecule has 3 aromatic rings. The molecule has 114 valence electrons. The average Bonchev–Trinajstić information content (AvgIpc) is 3.14. The summed E-state index contributed by atoms with van der Waals surface area (Å²) in [5.41, 5.74) is 0. The second kappa shape index (κ2) is 5.47. The zero-order valence-electron chi connectivity index (χ0n) is 10.8. The van der Waals surface area contributed by atoms with Crippen LogP contribution in [-0.4, -0.2) is 52.8 Å². The lowest BCUT2D eigenvalue weighted by Gasteiger charge is -2.11. The van der Waals surface area contributed by atoms with E-state index in [9.17, 15) is 0 Å². The van der Waals surface area contributed by atoms with Crippen molar-refractivity contribution in [1.29, 1.82) is 0 Å². The first-order valence-corrected chi connectivity index (χ1v) is 5.83. The Hall–Kier alpha value is -3.51. The minimum atomic E-state index is -1.39. The molecule has 12 nitrogen and oxygen atoms in total. The molecular weight excluding hydrogens is 299 g/mol. The van der Waals surface area contributed by atoms with Crippen LogP contribution >= 0.6 is 0 Å². The number of nitrogens with zero attached hydrogens (tertiary/aromatic N) is 6. The van der Waals surface area contributed by atoms with E-state index >= 15 is 0 Å². The van der Waals surface area contributed by atoms with Gasteiger partial charge in [-0.2, -0.15) is 0 Å². The molecule has 0 saturated heterocycles. The highest BCUT2D eigenvalue weighted by Crippen LogP contribution is 2.13. The van der Waals surface area contributed by atoms with Gasteiger partial charge in [0.05, 0.1) is 18.6 Å². The van der Waals surface area contributed by atoms with Crippen LogP contribution in [0, 0.1) is 0 Å². The summed E-state index contributed by atoms with van der Waals surface area (Å²) in [7, 11) is -1.39. The van der Waals surface area contributed by atoms with E-state index < -0.39 is 7.32 Å². The van der Waals surface area contributed by atoms with E-state index in [0.717, 1.165) is 0 Å². The number of hydrogen-bond acceptors (Lipinski definition) is 9. The maximum Gasteiger partial charge on any atom is 0.867 e. The van der Waals surface area contributed by atoms with E-state index in [0.29, 0.717) is 14.5 Å².